The lowest BCUT2D eigenvalue weighted by Crippen LogP contribution is -2.58. The molecule has 1 aromatic rings. The first kappa shape index (κ1) is 14.6. The van der Waals surface area contributed by atoms with Crippen molar-refractivity contribution in [3.63, 3.8) is 0 Å². The molecule has 1 atom stereocenters. The number of carbonyl (C=O) groups excluding carboxylic acids is 3. The molecule has 6 nitrogen and oxygen atoms in total. The number of rotatable bonds is 4. The molecule has 1 fully saturated rings. The van der Waals surface area contributed by atoms with E-state index >= 15 is 0 Å². The number of urea groups is 1. The fourth-order valence-corrected chi connectivity index (χ4v) is 2.97. The fraction of sp³-hybridized carbons (Fsp3) is 0.538. The van der Waals surface area contributed by atoms with Crippen LogP contribution in [-0.2, 0) is 9.59 Å². The molecule has 1 aliphatic rings. The highest BCUT2D eigenvalue weighted by Gasteiger charge is 2.41. The number of barbiturate groups is 1. The van der Waals surface area contributed by atoms with Gasteiger partial charge in [-0.15, -0.1) is 11.3 Å². The summed E-state index contributed by atoms with van der Waals surface area (Å²) in [5.74, 6) is -1.58. The first-order chi connectivity index (χ1) is 9.45. The molecule has 1 aliphatic heterocycles. The van der Waals surface area contributed by atoms with Gasteiger partial charge in [0.15, 0.2) is 0 Å². The SMILES string of the molecule is CCCC1C(=O)NC(=O)N(c2nc(C(C)C)cs2)C1=O. The van der Waals surface area contributed by atoms with Crippen LogP contribution in [0.2, 0.25) is 0 Å². The topological polar surface area (TPSA) is 79.4 Å². The predicted molar refractivity (Wildman–Crippen MR) is 75.6 cm³/mol. The van der Waals surface area contributed by atoms with E-state index in [0.717, 1.165) is 10.6 Å². The summed E-state index contributed by atoms with van der Waals surface area (Å²) in [5, 5.41) is 4.37. The standard InChI is InChI=1S/C13H17N3O3S/c1-4-5-8-10(17)15-12(19)16(11(8)18)13-14-9(6-20-13)7(2)3/h6-8H,4-5H2,1-3H3,(H,15,17,19). The highest BCUT2D eigenvalue weighted by atomic mass is 32.1. The maximum absolute atomic E-state index is 12.3. The van der Waals surface area contributed by atoms with E-state index in [1.165, 1.54) is 11.3 Å². The maximum Gasteiger partial charge on any atom is 0.337 e. The van der Waals surface area contributed by atoms with E-state index in [1.54, 1.807) is 0 Å². The molecule has 0 aromatic carbocycles. The smallest absolute Gasteiger partial charge is 0.277 e. The van der Waals surface area contributed by atoms with Gasteiger partial charge >= 0.3 is 6.03 Å². The Kier molecular flexibility index (Phi) is 4.17. The van der Waals surface area contributed by atoms with E-state index in [-0.39, 0.29) is 5.92 Å². The first-order valence-electron chi connectivity index (χ1n) is 6.59. The maximum atomic E-state index is 12.3. The highest BCUT2D eigenvalue weighted by molar-refractivity contribution is 7.14. The van der Waals surface area contributed by atoms with E-state index < -0.39 is 23.8 Å². The van der Waals surface area contributed by atoms with Crippen molar-refractivity contribution in [3.05, 3.63) is 11.1 Å². The molecule has 0 radical (unpaired) electrons. The van der Waals surface area contributed by atoms with Crippen molar-refractivity contribution in [2.75, 3.05) is 4.90 Å². The fourth-order valence-electron chi connectivity index (χ4n) is 1.98. The zero-order valence-corrected chi connectivity index (χ0v) is 12.5. The molecule has 1 aromatic heterocycles. The average Bonchev–Trinajstić information content (AvgIpc) is 2.83. The molecule has 2 heterocycles. The van der Waals surface area contributed by atoms with Crippen molar-refractivity contribution >= 4 is 34.3 Å². The van der Waals surface area contributed by atoms with Gasteiger partial charge in [0.2, 0.25) is 16.9 Å². The number of imide groups is 2. The third-order valence-electron chi connectivity index (χ3n) is 3.14. The normalized spacial score (nSPS) is 19.7. The summed E-state index contributed by atoms with van der Waals surface area (Å²) in [6, 6.07) is -0.711. The number of aromatic nitrogens is 1. The molecule has 1 unspecified atom stereocenters. The Labute approximate surface area is 121 Å². The van der Waals surface area contributed by atoms with E-state index in [4.69, 9.17) is 0 Å². The second-order valence-electron chi connectivity index (χ2n) is 5.02. The van der Waals surface area contributed by atoms with E-state index in [2.05, 4.69) is 10.3 Å². The van der Waals surface area contributed by atoms with E-state index in [9.17, 15) is 14.4 Å². The number of hydrogen-bond donors (Lipinski definition) is 1. The number of hydrogen-bond acceptors (Lipinski definition) is 5. The van der Waals surface area contributed by atoms with Gasteiger partial charge in [-0.2, -0.15) is 0 Å². The Hall–Kier alpha value is -1.76. The predicted octanol–water partition coefficient (Wildman–Crippen LogP) is 2.27. The quantitative estimate of drug-likeness (QED) is 0.864. The van der Waals surface area contributed by atoms with Gasteiger partial charge in [-0.1, -0.05) is 27.2 Å². The van der Waals surface area contributed by atoms with Crippen LogP contribution in [0.15, 0.2) is 5.38 Å². The number of nitrogens with one attached hydrogen (secondary N) is 1. The van der Waals surface area contributed by atoms with Gasteiger partial charge in [0.25, 0.3) is 0 Å². The van der Waals surface area contributed by atoms with Gasteiger partial charge in [0.05, 0.1) is 5.69 Å². The Morgan fingerprint density at radius 3 is 2.65 bits per heavy atom. The molecule has 1 N–H and O–H groups in total. The van der Waals surface area contributed by atoms with Crippen LogP contribution in [-0.4, -0.2) is 22.8 Å². The molecule has 1 saturated heterocycles. The van der Waals surface area contributed by atoms with Crippen LogP contribution >= 0.6 is 11.3 Å². The first-order valence-corrected chi connectivity index (χ1v) is 7.47. The zero-order valence-electron chi connectivity index (χ0n) is 11.7. The Morgan fingerprint density at radius 2 is 2.10 bits per heavy atom. The molecule has 0 spiro atoms. The van der Waals surface area contributed by atoms with Crippen LogP contribution in [0.5, 0.6) is 0 Å². The third-order valence-corrected chi connectivity index (χ3v) is 3.98. The number of nitrogens with zero attached hydrogens (tertiary/aromatic N) is 2. The van der Waals surface area contributed by atoms with Gasteiger partial charge in [-0.3, -0.25) is 14.9 Å². The van der Waals surface area contributed by atoms with Crippen molar-refractivity contribution in [2.24, 2.45) is 5.92 Å². The summed E-state index contributed by atoms with van der Waals surface area (Å²) < 4.78 is 0. The average molecular weight is 295 g/mol. The summed E-state index contributed by atoms with van der Waals surface area (Å²) in [4.78, 5) is 41.2. The lowest BCUT2D eigenvalue weighted by Gasteiger charge is -2.28. The second kappa shape index (κ2) is 5.70. The van der Waals surface area contributed by atoms with Gasteiger partial charge in [-0.05, 0) is 12.3 Å². The van der Waals surface area contributed by atoms with E-state index in [0.29, 0.717) is 18.0 Å². The van der Waals surface area contributed by atoms with Crippen LogP contribution in [0.25, 0.3) is 0 Å². The van der Waals surface area contributed by atoms with Gasteiger partial charge in [0, 0.05) is 5.38 Å². The van der Waals surface area contributed by atoms with Crippen molar-refractivity contribution in [2.45, 2.75) is 39.5 Å². The molecule has 2 rings (SSSR count). The molecule has 0 bridgehead atoms. The summed E-state index contributed by atoms with van der Waals surface area (Å²) in [6.45, 7) is 5.86. The summed E-state index contributed by atoms with van der Waals surface area (Å²) in [6.07, 6.45) is 1.12. The number of thiazole rings is 1. The van der Waals surface area contributed by atoms with Crippen molar-refractivity contribution in [1.82, 2.24) is 10.3 Å². The molecule has 108 valence electrons. The Balaban J connectivity index is 2.30. The highest BCUT2D eigenvalue weighted by Crippen LogP contribution is 2.28. The molecular formula is C13H17N3O3S. The number of carbonyl (C=O) groups is 3. The largest absolute Gasteiger partial charge is 0.337 e. The molecule has 7 heteroatoms. The van der Waals surface area contributed by atoms with Gasteiger partial charge in [-0.25, -0.2) is 14.7 Å². The number of anilines is 1. The molecule has 0 aliphatic carbocycles. The molecule has 20 heavy (non-hydrogen) atoms. The Bertz CT molecular complexity index is 553. The summed E-state index contributed by atoms with van der Waals surface area (Å²) in [7, 11) is 0. The zero-order chi connectivity index (χ0) is 14.9. The molecule has 0 saturated carbocycles. The Morgan fingerprint density at radius 1 is 1.40 bits per heavy atom. The van der Waals surface area contributed by atoms with Crippen LogP contribution in [0.1, 0.15) is 45.2 Å². The second-order valence-corrected chi connectivity index (χ2v) is 5.86. The third kappa shape index (κ3) is 2.58. The van der Waals surface area contributed by atoms with Crippen molar-refractivity contribution in [1.29, 1.82) is 0 Å². The van der Waals surface area contributed by atoms with Crippen molar-refractivity contribution in [3.8, 4) is 0 Å². The lowest BCUT2D eigenvalue weighted by atomic mass is 9.99. The minimum atomic E-state index is -0.802. The van der Waals surface area contributed by atoms with Crippen LogP contribution in [0.4, 0.5) is 9.93 Å². The minimum Gasteiger partial charge on any atom is -0.277 e. The monoisotopic (exact) mass is 295 g/mol. The lowest BCUT2D eigenvalue weighted by molar-refractivity contribution is -0.134. The molecule has 4 amide bonds. The summed E-state index contributed by atoms with van der Waals surface area (Å²) in [5.41, 5.74) is 0.828. The van der Waals surface area contributed by atoms with Crippen molar-refractivity contribution < 1.29 is 14.4 Å². The van der Waals surface area contributed by atoms with Gasteiger partial charge < -0.3 is 0 Å². The molecular weight excluding hydrogens is 278 g/mol. The number of amides is 4. The van der Waals surface area contributed by atoms with Crippen LogP contribution in [0.3, 0.4) is 0 Å². The van der Waals surface area contributed by atoms with E-state index in [1.807, 2.05) is 26.2 Å². The van der Waals surface area contributed by atoms with Gasteiger partial charge in [0.1, 0.15) is 5.92 Å². The summed E-state index contributed by atoms with van der Waals surface area (Å²) >= 11 is 1.24. The van der Waals surface area contributed by atoms with Crippen LogP contribution in [0, 0.1) is 5.92 Å². The van der Waals surface area contributed by atoms with Crippen LogP contribution < -0.4 is 10.2 Å². The minimum absolute atomic E-state index is 0.219.